The third kappa shape index (κ3) is 5.49. The molecule has 0 fully saturated rings. The number of rotatable bonds is 7. The maximum atomic E-state index is 9.68. The van der Waals surface area contributed by atoms with Crippen LogP contribution < -0.4 is 10.1 Å². The maximum absolute atomic E-state index is 9.68. The van der Waals surface area contributed by atoms with Crippen LogP contribution in [0.25, 0.3) is 0 Å². The summed E-state index contributed by atoms with van der Waals surface area (Å²) in [5.74, 6) is 0.642. The van der Waals surface area contributed by atoms with Gasteiger partial charge in [-0.1, -0.05) is 19.9 Å². The number of ether oxygens (including phenoxy) is 1. The van der Waals surface area contributed by atoms with Gasteiger partial charge in [0.05, 0.1) is 13.2 Å². The van der Waals surface area contributed by atoms with Crippen molar-refractivity contribution in [3.63, 3.8) is 0 Å². The Morgan fingerprint density at radius 3 is 2.58 bits per heavy atom. The SMILES string of the molecule is COc1ccc(CNCC(C)(C)CC(C)O)cc1O. The minimum Gasteiger partial charge on any atom is -0.504 e. The van der Waals surface area contributed by atoms with E-state index in [1.54, 1.807) is 12.1 Å². The summed E-state index contributed by atoms with van der Waals surface area (Å²) in [4.78, 5) is 0. The van der Waals surface area contributed by atoms with Gasteiger partial charge in [-0.05, 0) is 36.5 Å². The first-order valence-corrected chi connectivity index (χ1v) is 6.59. The molecule has 0 bridgehead atoms. The molecule has 0 saturated heterocycles. The predicted molar refractivity (Wildman–Crippen MR) is 76.4 cm³/mol. The predicted octanol–water partition coefficient (Wildman–Crippen LogP) is 2.29. The molecule has 0 spiro atoms. The lowest BCUT2D eigenvalue weighted by molar-refractivity contribution is 0.128. The molecule has 3 N–H and O–H groups in total. The highest BCUT2D eigenvalue weighted by atomic mass is 16.5. The number of aliphatic hydroxyl groups excluding tert-OH is 1. The van der Waals surface area contributed by atoms with Crippen LogP contribution in [0, 0.1) is 5.41 Å². The van der Waals surface area contributed by atoms with E-state index in [1.807, 2.05) is 13.0 Å². The first-order chi connectivity index (χ1) is 8.84. The van der Waals surface area contributed by atoms with Crippen molar-refractivity contribution in [1.29, 1.82) is 0 Å². The Labute approximate surface area is 115 Å². The molecule has 0 aliphatic rings. The number of benzene rings is 1. The van der Waals surface area contributed by atoms with Gasteiger partial charge < -0.3 is 20.3 Å². The molecule has 19 heavy (non-hydrogen) atoms. The second kappa shape index (κ2) is 6.78. The Balaban J connectivity index is 2.47. The molecule has 0 aromatic heterocycles. The molecular formula is C15H25NO3. The summed E-state index contributed by atoms with van der Waals surface area (Å²) >= 11 is 0. The lowest BCUT2D eigenvalue weighted by Gasteiger charge is -2.26. The van der Waals surface area contributed by atoms with E-state index >= 15 is 0 Å². The maximum Gasteiger partial charge on any atom is 0.160 e. The molecule has 0 aliphatic heterocycles. The van der Waals surface area contributed by atoms with Crippen LogP contribution in [0.4, 0.5) is 0 Å². The van der Waals surface area contributed by atoms with E-state index in [9.17, 15) is 10.2 Å². The molecule has 0 saturated carbocycles. The number of aromatic hydroxyl groups is 1. The minimum absolute atomic E-state index is 0.0443. The molecule has 0 amide bonds. The summed E-state index contributed by atoms with van der Waals surface area (Å²) in [5, 5.41) is 22.5. The number of hydrogen-bond acceptors (Lipinski definition) is 4. The number of aliphatic hydroxyl groups is 1. The van der Waals surface area contributed by atoms with Crippen molar-refractivity contribution in [1.82, 2.24) is 5.32 Å². The molecular weight excluding hydrogens is 242 g/mol. The Hall–Kier alpha value is -1.26. The molecule has 1 rings (SSSR count). The number of phenolic OH excluding ortho intramolecular Hbond substituents is 1. The van der Waals surface area contributed by atoms with Crippen LogP contribution in [0.2, 0.25) is 0 Å². The van der Waals surface area contributed by atoms with Crippen LogP contribution in [0.3, 0.4) is 0 Å². The monoisotopic (exact) mass is 267 g/mol. The third-order valence-electron chi connectivity index (χ3n) is 3.02. The molecule has 1 atom stereocenters. The Morgan fingerprint density at radius 2 is 2.05 bits per heavy atom. The van der Waals surface area contributed by atoms with E-state index in [1.165, 1.54) is 7.11 Å². The lowest BCUT2D eigenvalue weighted by Crippen LogP contribution is -2.31. The van der Waals surface area contributed by atoms with Gasteiger partial charge in [-0.2, -0.15) is 0 Å². The molecule has 4 nitrogen and oxygen atoms in total. The zero-order chi connectivity index (χ0) is 14.5. The van der Waals surface area contributed by atoms with Gasteiger partial charge in [0.25, 0.3) is 0 Å². The van der Waals surface area contributed by atoms with Gasteiger partial charge in [-0.25, -0.2) is 0 Å². The summed E-state index contributed by atoms with van der Waals surface area (Å²) in [7, 11) is 1.53. The van der Waals surface area contributed by atoms with Crippen LogP contribution in [-0.2, 0) is 6.54 Å². The quantitative estimate of drug-likeness (QED) is 0.709. The average Bonchev–Trinajstić information content (AvgIpc) is 2.27. The van der Waals surface area contributed by atoms with Crippen molar-refractivity contribution >= 4 is 0 Å². The molecule has 1 unspecified atom stereocenters. The van der Waals surface area contributed by atoms with Crippen molar-refractivity contribution in [2.45, 2.75) is 39.8 Å². The summed E-state index contributed by atoms with van der Waals surface area (Å²) < 4.78 is 5.00. The number of hydrogen-bond donors (Lipinski definition) is 3. The van der Waals surface area contributed by atoms with Gasteiger partial charge >= 0.3 is 0 Å². The van der Waals surface area contributed by atoms with Gasteiger partial charge in [0.2, 0.25) is 0 Å². The van der Waals surface area contributed by atoms with Gasteiger partial charge in [-0.3, -0.25) is 0 Å². The molecule has 0 aliphatic carbocycles. The molecule has 108 valence electrons. The van der Waals surface area contributed by atoms with Gasteiger partial charge in [-0.15, -0.1) is 0 Å². The van der Waals surface area contributed by atoms with Crippen molar-refractivity contribution in [2.75, 3.05) is 13.7 Å². The van der Waals surface area contributed by atoms with E-state index in [0.717, 1.165) is 18.5 Å². The molecule has 1 aromatic rings. The average molecular weight is 267 g/mol. The smallest absolute Gasteiger partial charge is 0.160 e. The zero-order valence-corrected chi connectivity index (χ0v) is 12.2. The van der Waals surface area contributed by atoms with E-state index in [0.29, 0.717) is 12.3 Å². The number of nitrogens with one attached hydrogen (secondary N) is 1. The summed E-state index contributed by atoms with van der Waals surface area (Å²) in [6.45, 7) is 7.55. The van der Waals surface area contributed by atoms with Crippen LogP contribution >= 0.6 is 0 Å². The Kier molecular flexibility index (Phi) is 5.63. The van der Waals surface area contributed by atoms with Crippen LogP contribution in [0.15, 0.2) is 18.2 Å². The molecule has 4 heteroatoms. The molecule has 0 heterocycles. The first-order valence-electron chi connectivity index (χ1n) is 6.59. The summed E-state index contributed by atoms with van der Waals surface area (Å²) in [6.07, 6.45) is 0.468. The fourth-order valence-electron chi connectivity index (χ4n) is 2.26. The second-order valence-corrected chi connectivity index (χ2v) is 5.83. The number of phenols is 1. The highest BCUT2D eigenvalue weighted by Crippen LogP contribution is 2.26. The van der Waals surface area contributed by atoms with E-state index in [4.69, 9.17) is 4.74 Å². The number of methoxy groups -OCH3 is 1. The van der Waals surface area contributed by atoms with Crippen LogP contribution in [0.1, 0.15) is 32.8 Å². The highest BCUT2D eigenvalue weighted by Gasteiger charge is 2.19. The van der Waals surface area contributed by atoms with E-state index in [-0.39, 0.29) is 17.3 Å². The summed E-state index contributed by atoms with van der Waals surface area (Å²) in [5.41, 5.74) is 1.05. The van der Waals surface area contributed by atoms with Gasteiger partial charge in [0, 0.05) is 13.1 Å². The fourth-order valence-corrected chi connectivity index (χ4v) is 2.26. The Morgan fingerprint density at radius 1 is 1.37 bits per heavy atom. The standard InChI is InChI=1S/C15H25NO3/c1-11(17)8-15(2,3)10-16-9-12-5-6-14(19-4)13(18)7-12/h5-7,11,16-18H,8-10H2,1-4H3. The Bertz CT molecular complexity index is 402. The summed E-state index contributed by atoms with van der Waals surface area (Å²) in [6, 6.07) is 5.38. The topological polar surface area (TPSA) is 61.7 Å². The van der Waals surface area contributed by atoms with Crippen LogP contribution in [-0.4, -0.2) is 30.0 Å². The third-order valence-corrected chi connectivity index (χ3v) is 3.02. The largest absolute Gasteiger partial charge is 0.504 e. The zero-order valence-electron chi connectivity index (χ0n) is 12.2. The van der Waals surface area contributed by atoms with Gasteiger partial charge in [0.1, 0.15) is 0 Å². The van der Waals surface area contributed by atoms with E-state index in [2.05, 4.69) is 19.2 Å². The van der Waals surface area contributed by atoms with Crippen LogP contribution in [0.5, 0.6) is 11.5 Å². The molecule has 1 aromatic carbocycles. The normalized spacial score (nSPS) is 13.3. The second-order valence-electron chi connectivity index (χ2n) is 5.83. The molecule has 0 radical (unpaired) electrons. The van der Waals surface area contributed by atoms with Crippen molar-refractivity contribution < 1.29 is 14.9 Å². The van der Waals surface area contributed by atoms with Crippen molar-refractivity contribution in [3.8, 4) is 11.5 Å². The minimum atomic E-state index is -0.290. The van der Waals surface area contributed by atoms with Gasteiger partial charge in [0.15, 0.2) is 11.5 Å². The van der Waals surface area contributed by atoms with E-state index < -0.39 is 0 Å². The highest BCUT2D eigenvalue weighted by molar-refractivity contribution is 5.41. The first kappa shape index (κ1) is 15.8. The van der Waals surface area contributed by atoms with Crippen molar-refractivity contribution in [2.24, 2.45) is 5.41 Å². The lowest BCUT2D eigenvalue weighted by atomic mass is 9.87. The fraction of sp³-hybridized carbons (Fsp3) is 0.600. The van der Waals surface area contributed by atoms with Crippen molar-refractivity contribution in [3.05, 3.63) is 23.8 Å².